The molecule has 2 N–H and O–H groups in total. The Morgan fingerprint density at radius 2 is 1.89 bits per heavy atom. The number of rotatable bonds is 4. The Morgan fingerprint density at radius 3 is 2.47 bits per heavy atom. The van der Waals surface area contributed by atoms with Crippen molar-refractivity contribution in [3.63, 3.8) is 0 Å². The van der Waals surface area contributed by atoms with Crippen molar-refractivity contribution in [2.45, 2.75) is 58.0 Å². The maximum atomic E-state index is 10.1. The van der Waals surface area contributed by atoms with Gasteiger partial charge in [0.1, 0.15) is 0 Å². The van der Waals surface area contributed by atoms with Crippen LogP contribution >= 0.6 is 0 Å². The minimum absolute atomic E-state index is 0.119. The van der Waals surface area contributed by atoms with Crippen LogP contribution in [0.2, 0.25) is 0 Å². The fourth-order valence-electron chi connectivity index (χ4n) is 3.98. The molecule has 0 radical (unpaired) electrons. The largest absolute Gasteiger partial charge is 0.392 e. The van der Waals surface area contributed by atoms with Crippen LogP contribution in [0.25, 0.3) is 0 Å². The molecule has 2 fully saturated rings. The van der Waals surface area contributed by atoms with Gasteiger partial charge < -0.3 is 15.3 Å². The number of hydrogen-bond donors (Lipinski definition) is 2. The summed E-state index contributed by atoms with van der Waals surface area (Å²) >= 11 is 0. The second-order valence-corrected chi connectivity index (χ2v) is 7.01. The molecule has 1 heterocycles. The van der Waals surface area contributed by atoms with E-state index in [1.165, 1.54) is 51.6 Å². The molecule has 3 heteroatoms. The SMILES string of the molecule is CNCC1(CN2CCC(C)C(O)C2)CCCCCC1. The standard InChI is InChI=1S/C16H32N2O/c1-14-7-10-18(11-15(14)19)13-16(12-17-2)8-5-3-4-6-9-16/h14-15,17,19H,3-13H2,1-2H3. The van der Waals surface area contributed by atoms with Crippen LogP contribution in [-0.2, 0) is 0 Å². The number of aliphatic hydroxyl groups is 1. The third kappa shape index (κ3) is 4.17. The molecule has 112 valence electrons. The average molecular weight is 268 g/mol. The van der Waals surface area contributed by atoms with E-state index >= 15 is 0 Å². The van der Waals surface area contributed by atoms with Gasteiger partial charge in [0.05, 0.1) is 6.10 Å². The lowest BCUT2D eigenvalue weighted by Crippen LogP contribution is -2.49. The highest BCUT2D eigenvalue weighted by Gasteiger charge is 2.34. The summed E-state index contributed by atoms with van der Waals surface area (Å²) < 4.78 is 0. The van der Waals surface area contributed by atoms with Gasteiger partial charge in [-0.15, -0.1) is 0 Å². The van der Waals surface area contributed by atoms with Crippen molar-refractivity contribution in [3.05, 3.63) is 0 Å². The summed E-state index contributed by atoms with van der Waals surface area (Å²) in [7, 11) is 2.08. The number of nitrogens with zero attached hydrogens (tertiary/aromatic N) is 1. The quantitative estimate of drug-likeness (QED) is 0.768. The first kappa shape index (κ1) is 15.3. The highest BCUT2D eigenvalue weighted by molar-refractivity contribution is 4.89. The summed E-state index contributed by atoms with van der Waals surface area (Å²) in [5, 5.41) is 13.5. The normalized spacial score (nSPS) is 33.0. The number of nitrogens with one attached hydrogen (secondary N) is 1. The Morgan fingerprint density at radius 1 is 1.21 bits per heavy atom. The molecule has 1 aliphatic carbocycles. The zero-order valence-electron chi connectivity index (χ0n) is 12.8. The molecular formula is C16H32N2O. The van der Waals surface area contributed by atoms with Crippen LogP contribution in [0.5, 0.6) is 0 Å². The second kappa shape index (κ2) is 7.05. The van der Waals surface area contributed by atoms with Crippen molar-refractivity contribution in [3.8, 4) is 0 Å². The van der Waals surface area contributed by atoms with Crippen molar-refractivity contribution in [1.29, 1.82) is 0 Å². The molecule has 2 aliphatic rings. The number of hydrogen-bond acceptors (Lipinski definition) is 3. The smallest absolute Gasteiger partial charge is 0.0693 e. The molecule has 0 aromatic rings. The van der Waals surface area contributed by atoms with Crippen LogP contribution in [-0.4, -0.2) is 49.3 Å². The van der Waals surface area contributed by atoms with E-state index in [-0.39, 0.29) is 6.10 Å². The van der Waals surface area contributed by atoms with E-state index in [1.807, 2.05) is 0 Å². The minimum Gasteiger partial charge on any atom is -0.392 e. The van der Waals surface area contributed by atoms with Gasteiger partial charge in [0.2, 0.25) is 0 Å². The van der Waals surface area contributed by atoms with Gasteiger partial charge in [-0.2, -0.15) is 0 Å². The van der Waals surface area contributed by atoms with E-state index in [4.69, 9.17) is 0 Å². The van der Waals surface area contributed by atoms with E-state index in [0.29, 0.717) is 11.3 Å². The van der Waals surface area contributed by atoms with Crippen LogP contribution in [0.4, 0.5) is 0 Å². The van der Waals surface area contributed by atoms with E-state index in [1.54, 1.807) is 0 Å². The lowest BCUT2D eigenvalue weighted by Gasteiger charge is -2.42. The van der Waals surface area contributed by atoms with Crippen LogP contribution in [0.15, 0.2) is 0 Å². The van der Waals surface area contributed by atoms with Gasteiger partial charge in [-0.05, 0) is 44.2 Å². The number of β-amino-alcohol motifs (C(OH)–C–C–N with tert-alkyl or cyclic N) is 1. The summed E-state index contributed by atoms with van der Waals surface area (Å²) in [5.41, 5.74) is 0.450. The van der Waals surface area contributed by atoms with Crippen molar-refractivity contribution in [1.82, 2.24) is 10.2 Å². The molecular weight excluding hydrogens is 236 g/mol. The Hall–Kier alpha value is -0.120. The first-order valence-electron chi connectivity index (χ1n) is 8.20. The lowest BCUT2D eigenvalue weighted by atomic mass is 9.79. The van der Waals surface area contributed by atoms with Gasteiger partial charge >= 0.3 is 0 Å². The first-order chi connectivity index (χ1) is 9.15. The van der Waals surface area contributed by atoms with E-state index < -0.39 is 0 Å². The third-order valence-electron chi connectivity index (χ3n) is 5.28. The van der Waals surface area contributed by atoms with E-state index in [2.05, 4.69) is 24.2 Å². The van der Waals surface area contributed by atoms with E-state index in [9.17, 15) is 5.11 Å². The second-order valence-electron chi connectivity index (χ2n) is 7.01. The highest BCUT2D eigenvalue weighted by atomic mass is 16.3. The fraction of sp³-hybridized carbons (Fsp3) is 1.00. The van der Waals surface area contributed by atoms with Crippen molar-refractivity contribution in [2.24, 2.45) is 11.3 Å². The average Bonchev–Trinajstić information content (AvgIpc) is 2.60. The van der Waals surface area contributed by atoms with Gasteiger partial charge in [-0.1, -0.05) is 32.6 Å². The minimum atomic E-state index is -0.119. The molecule has 0 spiro atoms. The molecule has 2 rings (SSSR count). The topological polar surface area (TPSA) is 35.5 Å². The third-order valence-corrected chi connectivity index (χ3v) is 5.28. The Labute approximate surface area is 118 Å². The molecule has 2 unspecified atom stereocenters. The number of aliphatic hydroxyl groups excluding tert-OH is 1. The van der Waals surface area contributed by atoms with Gasteiger partial charge in [0.25, 0.3) is 0 Å². The zero-order chi connectivity index (χ0) is 13.7. The number of piperidine rings is 1. The number of likely N-dealkylation sites (tertiary alicyclic amines) is 1. The maximum Gasteiger partial charge on any atom is 0.0693 e. The Kier molecular flexibility index (Phi) is 5.67. The predicted molar refractivity (Wildman–Crippen MR) is 80.3 cm³/mol. The van der Waals surface area contributed by atoms with Gasteiger partial charge in [-0.25, -0.2) is 0 Å². The molecule has 1 aliphatic heterocycles. The van der Waals surface area contributed by atoms with Crippen LogP contribution < -0.4 is 5.32 Å². The highest BCUT2D eigenvalue weighted by Crippen LogP contribution is 2.36. The lowest BCUT2D eigenvalue weighted by molar-refractivity contribution is 0.00676. The summed E-state index contributed by atoms with van der Waals surface area (Å²) in [6, 6.07) is 0. The van der Waals surface area contributed by atoms with Gasteiger partial charge in [0.15, 0.2) is 0 Å². The monoisotopic (exact) mass is 268 g/mol. The Bertz CT molecular complexity index is 261. The van der Waals surface area contributed by atoms with Crippen molar-refractivity contribution >= 4 is 0 Å². The summed E-state index contributed by atoms with van der Waals surface area (Å²) in [6.45, 7) is 6.54. The van der Waals surface area contributed by atoms with Crippen LogP contribution in [0.3, 0.4) is 0 Å². The van der Waals surface area contributed by atoms with Gasteiger partial charge in [0, 0.05) is 19.6 Å². The molecule has 0 aromatic carbocycles. The molecule has 2 atom stereocenters. The van der Waals surface area contributed by atoms with Crippen molar-refractivity contribution in [2.75, 3.05) is 33.2 Å². The molecule has 0 aromatic heterocycles. The summed E-state index contributed by atoms with van der Waals surface area (Å²) in [4.78, 5) is 2.52. The molecule has 1 saturated carbocycles. The predicted octanol–water partition coefficient (Wildman–Crippen LogP) is 2.25. The maximum absolute atomic E-state index is 10.1. The summed E-state index contributed by atoms with van der Waals surface area (Å²) in [6.07, 6.45) is 9.33. The molecule has 0 bridgehead atoms. The molecule has 0 amide bonds. The first-order valence-corrected chi connectivity index (χ1v) is 8.20. The van der Waals surface area contributed by atoms with Crippen LogP contribution in [0.1, 0.15) is 51.9 Å². The van der Waals surface area contributed by atoms with E-state index in [0.717, 1.165) is 19.5 Å². The van der Waals surface area contributed by atoms with Crippen LogP contribution in [0, 0.1) is 11.3 Å². The summed E-state index contributed by atoms with van der Waals surface area (Å²) in [5.74, 6) is 0.477. The molecule has 1 saturated heterocycles. The van der Waals surface area contributed by atoms with Gasteiger partial charge in [-0.3, -0.25) is 0 Å². The zero-order valence-corrected chi connectivity index (χ0v) is 12.8. The Balaban J connectivity index is 1.95. The molecule has 19 heavy (non-hydrogen) atoms. The fourth-order valence-corrected chi connectivity index (χ4v) is 3.98. The van der Waals surface area contributed by atoms with Crippen molar-refractivity contribution < 1.29 is 5.11 Å². The molecule has 3 nitrogen and oxygen atoms in total.